The second kappa shape index (κ2) is 12.5. The summed E-state index contributed by atoms with van der Waals surface area (Å²) in [5.74, 6) is -3.50. The molecule has 4 rings (SSSR count). The number of carboxylic acids is 2. The highest BCUT2D eigenvalue weighted by Crippen LogP contribution is 2.40. The number of benzene rings is 1. The number of Topliss-reactive ketones (excluding diaryl/α,β-unsaturated/α-hetero) is 1. The Morgan fingerprint density at radius 1 is 1.17 bits per heavy atom. The number of carbonyl (C=O) groups is 4. The van der Waals surface area contributed by atoms with Crippen molar-refractivity contribution < 1.29 is 39.2 Å². The molecule has 0 unspecified atom stereocenters. The first-order valence-electron chi connectivity index (χ1n) is 14.1. The maximum absolute atomic E-state index is 14.1. The summed E-state index contributed by atoms with van der Waals surface area (Å²) in [7, 11) is 1.28. The highest BCUT2D eigenvalue weighted by Gasteiger charge is 2.41. The number of carboxylic acid groups (broad SMARTS) is 2. The molecule has 13 nitrogen and oxygen atoms in total. The second-order valence-electron chi connectivity index (χ2n) is 11.4. The lowest BCUT2D eigenvalue weighted by atomic mass is 9.71. The summed E-state index contributed by atoms with van der Waals surface area (Å²) in [5, 5.41) is 31.7. The standard InChI is InChI=1S/C29H39N5O8/c1-17-13-20-22(14-21(17)33-10-9-32(11-12-35)16-18(33)2)34(23(27(39)40)15-24(36)37)26(31-20)25(38)29(3)7-5-19(6-8-29)30-28(41)42-4/h13-15,18-19,35H,5-12,16H2,1-4H3,(H,30,41)(H,36,37)(H,39,40)/b23-15-/t18-,19?,29?/m0/s1. The Bertz CT molecular complexity index is 1410. The van der Waals surface area contributed by atoms with Crippen LogP contribution in [0, 0.1) is 12.3 Å². The van der Waals surface area contributed by atoms with Gasteiger partial charge >= 0.3 is 18.0 Å². The number of alkyl carbamates (subject to hydrolysis) is 1. The molecule has 1 aliphatic carbocycles. The molecule has 0 spiro atoms. The Balaban J connectivity index is 1.79. The van der Waals surface area contributed by atoms with E-state index >= 15 is 0 Å². The maximum atomic E-state index is 14.1. The zero-order chi connectivity index (χ0) is 30.8. The highest BCUT2D eigenvalue weighted by atomic mass is 16.5. The number of ketones is 1. The number of imidazole rings is 1. The Morgan fingerprint density at radius 2 is 1.86 bits per heavy atom. The Labute approximate surface area is 243 Å². The molecule has 1 amide bonds. The van der Waals surface area contributed by atoms with Gasteiger partial charge in [-0.15, -0.1) is 0 Å². The number of methoxy groups -OCH3 is 1. The van der Waals surface area contributed by atoms with Crippen LogP contribution >= 0.6 is 0 Å². The lowest BCUT2D eigenvalue weighted by Crippen LogP contribution is -2.52. The van der Waals surface area contributed by atoms with E-state index in [0.717, 1.165) is 28.9 Å². The van der Waals surface area contributed by atoms with Crippen LogP contribution in [-0.4, -0.2) is 106 Å². The SMILES string of the molecule is COC(=O)NC1CCC(C)(C(=O)c2nc3cc(C)c(N4CCN(CCO)C[C@@H]4C)cc3n2/C(=C\C(=O)O)C(=O)O)CC1. The third-order valence-electron chi connectivity index (χ3n) is 8.48. The molecule has 1 atom stereocenters. The summed E-state index contributed by atoms with van der Waals surface area (Å²) in [6.07, 6.45) is 1.88. The van der Waals surface area contributed by atoms with Crippen molar-refractivity contribution in [1.29, 1.82) is 0 Å². The highest BCUT2D eigenvalue weighted by molar-refractivity contribution is 6.17. The van der Waals surface area contributed by atoms with E-state index in [1.54, 1.807) is 19.1 Å². The summed E-state index contributed by atoms with van der Waals surface area (Å²) in [6, 6.07) is 3.50. The fourth-order valence-corrected chi connectivity index (χ4v) is 6.12. The normalized spacial score (nSPS) is 23.5. The van der Waals surface area contributed by atoms with Gasteiger partial charge in [0.05, 0.1) is 30.8 Å². The number of aliphatic carboxylic acids is 2. The van der Waals surface area contributed by atoms with E-state index in [4.69, 9.17) is 0 Å². The summed E-state index contributed by atoms with van der Waals surface area (Å²) in [4.78, 5) is 58.9. The van der Waals surface area contributed by atoms with E-state index in [1.807, 2.05) is 6.92 Å². The largest absolute Gasteiger partial charge is 0.478 e. The molecule has 13 heteroatoms. The quantitative estimate of drug-likeness (QED) is 0.251. The molecule has 2 aliphatic rings. The van der Waals surface area contributed by atoms with Gasteiger partial charge in [0.15, 0.2) is 5.82 Å². The van der Waals surface area contributed by atoms with Gasteiger partial charge in [-0.05, 0) is 57.2 Å². The molecule has 1 saturated carbocycles. The number of carbonyl (C=O) groups excluding carboxylic acids is 2. The van der Waals surface area contributed by atoms with Gasteiger partial charge in [-0.3, -0.25) is 14.3 Å². The fraction of sp³-hybridized carbons (Fsp3) is 0.552. The molecular formula is C29H39N5O8. The molecular weight excluding hydrogens is 546 g/mol. The van der Waals surface area contributed by atoms with Crippen LogP contribution in [0.25, 0.3) is 16.7 Å². The minimum atomic E-state index is -1.50. The average molecular weight is 586 g/mol. The van der Waals surface area contributed by atoms with Crippen molar-refractivity contribution in [2.24, 2.45) is 5.41 Å². The first-order valence-corrected chi connectivity index (χ1v) is 14.1. The van der Waals surface area contributed by atoms with Crippen LogP contribution in [0.5, 0.6) is 0 Å². The van der Waals surface area contributed by atoms with Gasteiger partial charge in [-0.2, -0.15) is 0 Å². The molecule has 0 bridgehead atoms. The zero-order valence-corrected chi connectivity index (χ0v) is 24.4. The summed E-state index contributed by atoms with van der Waals surface area (Å²) in [6.45, 7) is 8.56. The minimum Gasteiger partial charge on any atom is -0.478 e. The van der Waals surface area contributed by atoms with Crippen molar-refractivity contribution in [2.75, 3.05) is 44.8 Å². The Kier molecular flexibility index (Phi) is 9.21. The third kappa shape index (κ3) is 6.26. The second-order valence-corrected chi connectivity index (χ2v) is 11.4. The predicted molar refractivity (Wildman–Crippen MR) is 155 cm³/mol. The molecule has 42 heavy (non-hydrogen) atoms. The van der Waals surface area contributed by atoms with Crippen LogP contribution in [0.4, 0.5) is 10.5 Å². The number of aliphatic hydroxyl groups excluding tert-OH is 1. The van der Waals surface area contributed by atoms with Crippen molar-refractivity contribution in [2.45, 2.75) is 58.5 Å². The van der Waals surface area contributed by atoms with Crippen LogP contribution in [0.2, 0.25) is 0 Å². The van der Waals surface area contributed by atoms with E-state index in [2.05, 4.69) is 31.8 Å². The van der Waals surface area contributed by atoms with Gasteiger partial charge in [0.2, 0.25) is 5.78 Å². The number of nitrogens with one attached hydrogen (secondary N) is 1. The van der Waals surface area contributed by atoms with E-state index in [-0.39, 0.29) is 24.5 Å². The number of aliphatic hydroxyl groups is 1. The zero-order valence-electron chi connectivity index (χ0n) is 24.4. The van der Waals surface area contributed by atoms with Gasteiger partial charge in [0.25, 0.3) is 0 Å². The van der Waals surface area contributed by atoms with E-state index < -0.39 is 34.9 Å². The van der Waals surface area contributed by atoms with Crippen LogP contribution in [0.15, 0.2) is 18.2 Å². The molecule has 1 saturated heterocycles. The number of ether oxygens (including phenoxy) is 1. The fourth-order valence-electron chi connectivity index (χ4n) is 6.12. The Morgan fingerprint density at radius 3 is 2.43 bits per heavy atom. The number of aromatic nitrogens is 2. The van der Waals surface area contributed by atoms with E-state index in [0.29, 0.717) is 55.9 Å². The number of nitrogens with zero attached hydrogens (tertiary/aromatic N) is 4. The van der Waals surface area contributed by atoms with Gasteiger partial charge in [-0.1, -0.05) is 6.92 Å². The lowest BCUT2D eigenvalue weighted by molar-refractivity contribution is -0.133. The van der Waals surface area contributed by atoms with Crippen molar-refractivity contribution in [3.05, 3.63) is 29.6 Å². The van der Waals surface area contributed by atoms with Gasteiger partial charge in [0.1, 0.15) is 5.70 Å². The van der Waals surface area contributed by atoms with E-state index in [1.165, 1.54) is 7.11 Å². The first-order chi connectivity index (χ1) is 19.9. The summed E-state index contributed by atoms with van der Waals surface area (Å²) < 4.78 is 5.84. The van der Waals surface area contributed by atoms with Gasteiger partial charge in [0, 0.05) is 49.4 Å². The molecule has 2 aromatic rings. The number of fused-ring (bicyclic) bond motifs is 1. The van der Waals surface area contributed by atoms with Gasteiger partial charge in [-0.25, -0.2) is 19.4 Å². The molecule has 228 valence electrons. The smallest absolute Gasteiger partial charge is 0.407 e. The average Bonchev–Trinajstić information content (AvgIpc) is 3.29. The Hall–Kier alpha value is -3.97. The molecule has 4 N–H and O–H groups in total. The van der Waals surface area contributed by atoms with Crippen molar-refractivity contribution >= 4 is 46.2 Å². The predicted octanol–water partition coefficient (Wildman–Crippen LogP) is 2.35. The van der Waals surface area contributed by atoms with Crippen LogP contribution < -0.4 is 10.2 Å². The molecule has 2 heterocycles. The lowest BCUT2D eigenvalue weighted by Gasteiger charge is -2.41. The summed E-state index contributed by atoms with van der Waals surface area (Å²) in [5.41, 5.74) is 0.925. The number of hydrogen-bond donors (Lipinski definition) is 4. The summed E-state index contributed by atoms with van der Waals surface area (Å²) >= 11 is 0. The molecule has 1 aromatic heterocycles. The monoisotopic (exact) mass is 585 g/mol. The van der Waals surface area contributed by atoms with Crippen LogP contribution in [-0.2, 0) is 14.3 Å². The molecule has 2 fully saturated rings. The van der Waals surface area contributed by atoms with Crippen LogP contribution in [0.3, 0.4) is 0 Å². The number of hydrogen-bond acceptors (Lipinski definition) is 9. The number of aryl methyl sites for hydroxylation is 1. The number of rotatable bonds is 9. The topological polar surface area (TPSA) is 175 Å². The molecule has 1 aliphatic heterocycles. The minimum absolute atomic E-state index is 0.0724. The number of amides is 1. The number of β-amino-alcohol motifs (C(OH)–C–C–N with tert-alkyl or cyclic N) is 1. The van der Waals surface area contributed by atoms with Crippen molar-refractivity contribution in [3.8, 4) is 0 Å². The van der Waals surface area contributed by atoms with E-state index in [9.17, 15) is 34.5 Å². The van der Waals surface area contributed by atoms with Crippen molar-refractivity contribution in [1.82, 2.24) is 19.8 Å². The number of piperazine rings is 1. The molecule has 0 radical (unpaired) electrons. The van der Waals surface area contributed by atoms with Crippen molar-refractivity contribution in [3.63, 3.8) is 0 Å². The number of anilines is 1. The third-order valence-corrected chi connectivity index (χ3v) is 8.48. The maximum Gasteiger partial charge on any atom is 0.407 e. The first kappa shape index (κ1) is 31.0. The molecule has 1 aromatic carbocycles. The van der Waals surface area contributed by atoms with Crippen LogP contribution in [0.1, 0.15) is 55.7 Å². The van der Waals surface area contributed by atoms with Gasteiger partial charge < -0.3 is 30.3 Å².